The lowest BCUT2D eigenvalue weighted by molar-refractivity contribution is -0.138. The first kappa shape index (κ1) is 27.1. The Balaban J connectivity index is 1.87. The maximum Gasteiger partial charge on any atom is 0.416 e. The molecule has 0 saturated carbocycles. The molecule has 7 nitrogen and oxygen atoms in total. The van der Waals surface area contributed by atoms with Gasteiger partial charge in [-0.15, -0.1) is 0 Å². The number of aromatic hydroxyl groups is 1. The van der Waals surface area contributed by atoms with Crippen LogP contribution in [0, 0.1) is 0 Å². The maximum absolute atomic E-state index is 13.9. The van der Waals surface area contributed by atoms with Crippen LogP contribution < -0.4 is 15.5 Å². The van der Waals surface area contributed by atoms with Crippen LogP contribution in [0.15, 0.2) is 46.6 Å². The lowest BCUT2D eigenvalue weighted by Gasteiger charge is -2.20. The van der Waals surface area contributed by atoms with Gasteiger partial charge >= 0.3 is 6.18 Å². The monoisotopic (exact) mass is 552 g/mol. The molecule has 3 aromatic rings. The Hall–Kier alpha value is -2.99. The quantitative estimate of drug-likeness (QED) is 0.411. The average Bonchev–Trinajstić information content (AvgIpc) is 3.48. The number of thiazole rings is 1. The Morgan fingerprint density at radius 2 is 1.81 bits per heavy atom. The van der Waals surface area contributed by atoms with Crippen LogP contribution in [0.1, 0.15) is 21.6 Å². The van der Waals surface area contributed by atoms with E-state index in [0.29, 0.717) is 52.5 Å². The number of hydrogen-bond donors (Lipinski definition) is 1. The van der Waals surface area contributed by atoms with Crippen LogP contribution in [-0.2, 0) is 22.1 Å². The summed E-state index contributed by atoms with van der Waals surface area (Å²) >= 11 is 7.09. The van der Waals surface area contributed by atoms with E-state index in [0.717, 1.165) is 11.6 Å². The Kier molecular flexibility index (Phi) is 8.48. The Labute approximate surface area is 220 Å². The van der Waals surface area contributed by atoms with E-state index in [2.05, 4.69) is 15.2 Å². The van der Waals surface area contributed by atoms with Crippen LogP contribution in [0.4, 0.5) is 18.3 Å². The smallest absolute Gasteiger partial charge is 0.416 e. The third kappa shape index (κ3) is 6.30. The Morgan fingerprint density at radius 1 is 1.08 bits per heavy atom. The summed E-state index contributed by atoms with van der Waals surface area (Å²) in [4.78, 5) is 6.61. The molecule has 0 spiro atoms. The van der Waals surface area contributed by atoms with Gasteiger partial charge in [0.25, 0.3) is 0 Å². The predicted octanol–water partition coefficient (Wildman–Crippen LogP) is 4.03. The summed E-state index contributed by atoms with van der Waals surface area (Å²) in [6.07, 6.45) is -3.15. The Bertz CT molecular complexity index is 1420. The van der Waals surface area contributed by atoms with Gasteiger partial charge in [0.15, 0.2) is 5.13 Å². The van der Waals surface area contributed by atoms with Gasteiger partial charge in [-0.05, 0) is 40.6 Å². The van der Waals surface area contributed by atoms with Crippen LogP contribution in [0.3, 0.4) is 0 Å². The van der Waals surface area contributed by atoms with Gasteiger partial charge in [0, 0.05) is 44.3 Å². The standard InChI is InChI=1S/C25H24ClF3N4O3S/c1-35-9-7-33(8-10-36-2)24-31-23(34)22(37-24)19(15-4-6-21-17(11-15)14-30-32-21)12-16-3-5-18(26)13-20(16)25(27,28)29/h3-6,11,13-14,34H,7-10,12H2,1-2H3. The fourth-order valence-corrected chi connectivity index (χ4v) is 5.15. The second-order valence-electron chi connectivity index (χ2n) is 8.19. The molecule has 0 atom stereocenters. The lowest BCUT2D eigenvalue weighted by atomic mass is 9.96. The van der Waals surface area contributed by atoms with Gasteiger partial charge in [0.05, 0.1) is 35.2 Å². The summed E-state index contributed by atoms with van der Waals surface area (Å²) in [6, 6.07) is 8.98. The summed E-state index contributed by atoms with van der Waals surface area (Å²) in [5.41, 5.74) is 0.404. The van der Waals surface area contributed by atoms with Gasteiger partial charge in [0.1, 0.15) is 0 Å². The van der Waals surface area contributed by atoms with Crippen molar-refractivity contribution in [2.24, 2.45) is 10.2 Å². The van der Waals surface area contributed by atoms with Gasteiger partial charge in [-0.25, -0.2) is 0 Å². The number of methoxy groups -OCH3 is 2. The first-order chi connectivity index (χ1) is 17.7. The maximum atomic E-state index is 13.9. The molecular formula is C25H24ClF3N4O3S. The van der Waals surface area contributed by atoms with Crippen molar-refractivity contribution < 1.29 is 27.8 Å². The summed E-state index contributed by atoms with van der Waals surface area (Å²) in [6.45, 7) is 1.83. The predicted molar refractivity (Wildman–Crippen MR) is 137 cm³/mol. The summed E-state index contributed by atoms with van der Waals surface area (Å²) in [5.74, 6) is -0.267. The zero-order valence-electron chi connectivity index (χ0n) is 20.0. The van der Waals surface area contributed by atoms with Crippen molar-refractivity contribution in [2.45, 2.75) is 12.6 Å². The Morgan fingerprint density at radius 3 is 2.49 bits per heavy atom. The highest BCUT2D eigenvalue weighted by Crippen LogP contribution is 2.39. The molecule has 2 aromatic carbocycles. The van der Waals surface area contributed by atoms with Crippen molar-refractivity contribution in [2.75, 3.05) is 45.4 Å². The fraction of sp³-hybridized carbons (Fsp3) is 0.320. The number of aromatic nitrogens is 1. The van der Waals surface area contributed by atoms with Gasteiger partial charge < -0.3 is 19.5 Å². The number of nitrogens with zero attached hydrogens (tertiary/aromatic N) is 4. The second kappa shape index (κ2) is 11.6. The number of alkyl halides is 3. The van der Waals surface area contributed by atoms with Crippen LogP contribution >= 0.6 is 22.9 Å². The highest BCUT2D eigenvalue weighted by atomic mass is 35.5. The lowest BCUT2D eigenvalue weighted by Crippen LogP contribution is -2.30. The van der Waals surface area contributed by atoms with Crippen molar-refractivity contribution in [3.63, 3.8) is 0 Å². The minimum Gasteiger partial charge on any atom is -0.492 e. The molecule has 2 heterocycles. The molecule has 0 radical (unpaired) electrons. The van der Waals surface area contributed by atoms with Crippen molar-refractivity contribution in [3.05, 3.63) is 73.6 Å². The van der Waals surface area contributed by atoms with E-state index < -0.39 is 11.7 Å². The summed E-state index contributed by atoms with van der Waals surface area (Å²) < 4.78 is 52.1. The van der Waals surface area contributed by atoms with Crippen LogP contribution in [-0.4, -0.2) is 56.8 Å². The molecule has 0 saturated heterocycles. The minimum absolute atomic E-state index is 0.0113. The highest BCUT2D eigenvalue weighted by molar-refractivity contribution is 7.17. The third-order valence-corrected chi connectivity index (χ3v) is 7.16. The van der Waals surface area contributed by atoms with E-state index in [-0.39, 0.29) is 22.9 Å². The molecule has 196 valence electrons. The van der Waals surface area contributed by atoms with Gasteiger partial charge in [-0.2, -0.15) is 28.4 Å². The highest BCUT2D eigenvalue weighted by Gasteiger charge is 2.34. The second-order valence-corrected chi connectivity index (χ2v) is 9.61. The molecule has 1 aliphatic rings. The van der Waals surface area contributed by atoms with E-state index in [9.17, 15) is 18.3 Å². The number of benzene rings is 2. The SMILES string of the molecule is COCCN(CCOC)c1nc(O)c(C(Cc2ccc(Cl)cc2C(F)(F)F)=c2ccc3c(c2)C=NN=3)s1. The molecule has 0 aliphatic carbocycles. The number of fused-ring (bicyclic) bond motifs is 1. The van der Waals surface area contributed by atoms with Crippen molar-refractivity contribution in [1.29, 1.82) is 0 Å². The molecular weight excluding hydrogens is 529 g/mol. The number of anilines is 1. The topological polar surface area (TPSA) is 79.5 Å². The van der Waals surface area contributed by atoms with Crippen LogP contribution in [0.2, 0.25) is 5.02 Å². The first-order valence-corrected chi connectivity index (χ1v) is 12.4. The molecule has 0 bridgehead atoms. The number of hydrogen-bond acceptors (Lipinski definition) is 8. The number of halogens is 4. The molecule has 0 amide bonds. The number of ether oxygens (including phenoxy) is 2. The van der Waals surface area contributed by atoms with Crippen molar-refractivity contribution in [3.8, 4) is 5.88 Å². The van der Waals surface area contributed by atoms with E-state index in [1.165, 1.54) is 23.5 Å². The molecule has 37 heavy (non-hydrogen) atoms. The normalized spacial score (nSPS) is 13.5. The number of rotatable bonds is 10. The van der Waals surface area contributed by atoms with Gasteiger partial charge in [-0.1, -0.05) is 35.1 Å². The average molecular weight is 553 g/mol. The van der Waals surface area contributed by atoms with Crippen LogP contribution in [0.25, 0.3) is 5.57 Å². The molecule has 1 N–H and O–H groups in total. The zero-order valence-corrected chi connectivity index (χ0v) is 21.6. The summed E-state index contributed by atoms with van der Waals surface area (Å²) in [5, 5.41) is 20.6. The summed E-state index contributed by atoms with van der Waals surface area (Å²) in [7, 11) is 3.16. The zero-order chi connectivity index (χ0) is 26.6. The van der Waals surface area contributed by atoms with Crippen LogP contribution in [0.5, 0.6) is 5.88 Å². The van der Waals surface area contributed by atoms with Crippen molar-refractivity contribution >= 4 is 39.9 Å². The van der Waals surface area contributed by atoms with E-state index in [1.807, 2.05) is 4.90 Å². The van der Waals surface area contributed by atoms with E-state index >= 15 is 0 Å². The van der Waals surface area contributed by atoms with Crippen molar-refractivity contribution in [1.82, 2.24) is 4.98 Å². The minimum atomic E-state index is -4.60. The van der Waals surface area contributed by atoms with Gasteiger partial charge in [-0.3, -0.25) is 0 Å². The van der Waals surface area contributed by atoms with E-state index in [1.54, 1.807) is 38.6 Å². The largest absolute Gasteiger partial charge is 0.492 e. The molecule has 4 rings (SSSR count). The molecule has 1 aliphatic heterocycles. The first-order valence-electron chi connectivity index (χ1n) is 11.2. The molecule has 0 unspecified atom stereocenters. The fourth-order valence-electron chi connectivity index (χ4n) is 3.90. The molecule has 12 heteroatoms. The molecule has 0 fully saturated rings. The van der Waals surface area contributed by atoms with Gasteiger partial charge in [0.2, 0.25) is 5.88 Å². The van der Waals surface area contributed by atoms with E-state index in [4.69, 9.17) is 21.1 Å². The third-order valence-electron chi connectivity index (χ3n) is 5.76. The molecule has 1 aromatic heterocycles.